The molecule has 2 fully saturated rings. The number of rotatable bonds is 5. The van der Waals surface area contributed by atoms with E-state index in [1.807, 2.05) is 0 Å². The number of piperidine rings is 1. The Hall–Kier alpha value is -2.54. The van der Waals surface area contributed by atoms with E-state index < -0.39 is 18.4 Å². The summed E-state index contributed by atoms with van der Waals surface area (Å²) in [6, 6.07) is 11.5. The van der Waals surface area contributed by atoms with Gasteiger partial charge in [-0.1, -0.05) is 24.3 Å². The molecule has 1 amide bonds. The van der Waals surface area contributed by atoms with Crippen molar-refractivity contribution in [1.82, 2.24) is 10.2 Å². The molecule has 0 aliphatic carbocycles. The number of halogens is 3. The van der Waals surface area contributed by atoms with Gasteiger partial charge in [-0.2, -0.15) is 0 Å². The van der Waals surface area contributed by atoms with Gasteiger partial charge >= 0.3 is 0 Å². The number of likely N-dealkylation sites (tertiary alicyclic amines) is 1. The lowest BCUT2D eigenvalue weighted by atomic mass is 9.84. The van der Waals surface area contributed by atoms with E-state index in [0.717, 1.165) is 5.56 Å². The molecule has 0 spiro atoms. The van der Waals surface area contributed by atoms with Crippen LogP contribution in [0.3, 0.4) is 0 Å². The molecule has 30 heavy (non-hydrogen) atoms. The Kier molecular flexibility index (Phi) is 5.73. The molecule has 4 nitrogen and oxygen atoms in total. The second-order valence-corrected chi connectivity index (χ2v) is 8.24. The summed E-state index contributed by atoms with van der Waals surface area (Å²) in [5.74, 6) is -4.52. The van der Waals surface area contributed by atoms with Crippen LogP contribution >= 0.6 is 0 Å². The summed E-state index contributed by atoms with van der Waals surface area (Å²) in [5, 5.41) is 12.2. The lowest BCUT2D eigenvalue weighted by Crippen LogP contribution is -2.49. The van der Waals surface area contributed by atoms with Crippen LogP contribution in [0, 0.1) is 11.7 Å². The predicted molar refractivity (Wildman–Crippen MR) is 107 cm³/mol. The van der Waals surface area contributed by atoms with Crippen LogP contribution in [0.1, 0.15) is 42.3 Å². The van der Waals surface area contributed by atoms with Crippen molar-refractivity contribution in [3.8, 4) is 5.75 Å². The summed E-state index contributed by atoms with van der Waals surface area (Å²) in [7, 11) is 0. The largest absolute Gasteiger partial charge is 0.508 e. The minimum Gasteiger partial charge on any atom is -0.508 e. The van der Waals surface area contributed by atoms with Crippen LogP contribution in [0.4, 0.5) is 13.2 Å². The molecule has 2 aliphatic rings. The molecule has 2 heterocycles. The summed E-state index contributed by atoms with van der Waals surface area (Å²) in [5.41, 5.74) is 1.25. The van der Waals surface area contributed by atoms with Gasteiger partial charge in [-0.3, -0.25) is 9.69 Å². The van der Waals surface area contributed by atoms with Crippen molar-refractivity contribution in [1.29, 1.82) is 0 Å². The Labute approximate surface area is 173 Å². The number of aromatic hydroxyl groups is 1. The van der Waals surface area contributed by atoms with Crippen molar-refractivity contribution >= 4 is 5.91 Å². The number of benzene rings is 2. The van der Waals surface area contributed by atoms with Crippen molar-refractivity contribution in [2.45, 2.75) is 37.1 Å². The highest BCUT2D eigenvalue weighted by Crippen LogP contribution is 2.44. The van der Waals surface area contributed by atoms with Gasteiger partial charge in [0.25, 0.3) is 5.92 Å². The fourth-order valence-corrected chi connectivity index (χ4v) is 4.67. The van der Waals surface area contributed by atoms with E-state index in [2.05, 4.69) is 5.32 Å². The third kappa shape index (κ3) is 4.31. The average molecular weight is 418 g/mol. The van der Waals surface area contributed by atoms with E-state index in [-0.39, 0.29) is 35.9 Å². The fourth-order valence-electron chi connectivity index (χ4n) is 4.67. The molecule has 3 atom stereocenters. The van der Waals surface area contributed by atoms with Gasteiger partial charge in [0.15, 0.2) is 0 Å². The first kappa shape index (κ1) is 20.7. The molecule has 2 aliphatic heterocycles. The molecule has 2 aromatic rings. The number of carbonyl (C=O) groups is 1. The fraction of sp³-hybridized carbons (Fsp3) is 0.435. The zero-order valence-electron chi connectivity index (χ0n) is 16.5. The third-order valence-electron chi connectivity index (χ3n) is 6.29. The molecular weight excluding hydrogens is 393 g/mol. The number of hydrogen-bond donors (Lipinski definition) is 2. The maximum Gasteiger partial charge on any atom is 0.267 e. The van der Waals surface area contributed by atoms with Crippen molar-refractivity contribution in [2.24, 2.45) is 5.92 Å². The summed E-state index contributed by atoms with van der Waals surface area (Å²) in [6.45, 7) is 0.602. The van der Waals surface area contributed by atoms with Crippen LogP contribution in [0.25, 0.3) is 0 Å². The van der Waals surface area contributed by atoms with Crippen LogP contribution < -0.4 is 5.32 Å². The average Bonchev–Trinajstić information content (AvgIpc) is 3.12. The normalized spacial score (nSPS) is 25.1. The molecular formula is C23H25F3N2O2. The highest BCUT2D eigenvalue weighted by molar-refractivity contribution is 5.80. The molecule has 7 heteroatoms. The third-order valence-corrected chi connectivity index (χ3v) is 6.29. The lowest BCUT2D eigenvalue weighted by Gasteiger charge is -2.43. The van der Waals surface area contributed by atoms with Gasteiger partial charge in [-0.15, -0.1) is 0 Å². The minimum atomic E-state index is -2.97. The zero-order chi connectivity index (χ0) is 21.3. The van der Waals surface area contributed by atoms with Gasteiger partial charge in [0.05, 0.1) is 12.5 Å². The number of hydrogen-bond acceptors (Lipinski definition) is 3. The number of nitrogens with zero attached hydrogens (tertiary/aromatic N) is 1. The molecule has 2 N–H and O–H groups in total. The summed E-state index contributed by atoms with van der Waals surface area (Å²) < 4.78 is 43.8. The van der Waals surface area contributed by atoms with Gasteiger partial charge < -0.3 is 10.4 Å². The van der Waals surface area contributed by atoms with Gasteiger partial charge in [0.1, 0.15) is 11.6 Å². The molecule has 160 valence electrons. The number of nitrogens with one attached hydrogen (secondary N) is 1. The summed E-state index contributed by atoms with van der Waals surface area (Å²) in [4.78, 5) is 13.8. The monoisotopic (exact) mass is 418 g/mol. The van der Waals surface area contributed by atoms with Gasteiger partial charge in [-0.05, 0) is 61.2 Å². The van der Waals surface area contributed by atoms with E-state index in [9.17, 15) is 14.3 Å². The summed E-state index contributed by atoms with van der Waals surface area (Å²) in [6.07, 6.45) is 1.36. The van der Waals surface area contributed by atoms with Crippen LogP contribution in [0.15, 0.2) is 48.5 Å². The zero-order valence-corrected chi connectivity index (χ0v) is 16.5. The first-order valence-corrected chi connectivity index (χ1v) is 10.3. The van der Waals surface area contributed by atoms with Crippen LogP contribution in [0.2, 0.25) is 0 Å². The van der Waals surface area contributed by atoms with E-state index in [4.69, 9.17) is 0 Å². The van der Waals surface area contributed by atoms with Gasteiger partial charge in [-0.25, -0.2) is 13.2 Å². The Morgan fingerprint density at radius 1 is 1.10 bits per heavy atom. The first-order chi connectivity index (χ1) is 14.3. The highest BCUT2D eigenvalue weighted by Gasteiger charge is 2.47. The molecule has 2 aromatic carbocycles. The number of phenols is 1. The van der Waals surface area contributed by atoms with Crippen molar-refractivity contribution < 1.29 is 23.1 Å². The molecule has 0 saturated carbocycles. The molecule has 2 saturated heterocycles. The quantitative estimate of drug-likeness (QED) is 0.764. The maximum atomic E-state index is 15.2. The second kappa shape index (κ2) is 8.30. The number of phenolic OH excluding ortho intramolecular Hbond substituents is 1. The van der Waals surface area contributed by atoms with Crippen LogP contribution in [-0.4, -0.2) is 41.5 Å². The standard InChI is InChI=1S/C23H25F3N2O2/c24-18-5-1-16(2-6-18)21(13-17-9-11-27-22(17)30)28-12-10-20(23(25,26)14-28)15-3-7-19(29)8-4-15/h1-8,17,20-21,29H,9-14H2,(H,27,30)/t17-,20-,21-/m0/s1. The molecule has 0 radical (unpaired) electrons. The minimum absolute atomic E-state index is 0.0470. The Bertz CT molecular complexity index is 886. The number of amides is 1. The summed E-state index contributed by atoms with van der Waals surface area (Å²) >= 11 is 0. The number of carbonyl (C=O) groups excluding carboxylic acids is 1. The molecule has 4 rings (SSSR count). The topological polar surface area (TPSA) is 52.6 Å². The van der Waals surface area contributed by atoms with Crippen molar-refractivity contribution in [3.63, 3.8) is 0 Å². The second-order valence-electron chi connectivity index (χ2n) is 8.24. The van der Waals surface area contributed by atoms with Gasteiger partial charge in [0.2, 0.25) is 5.91 Å². The van der Waals surface area contributed by atoms with Gasteiger partial charge in [0, 0.05) is 18.5 Å². The van der Waals surface area contributed by atoms with E-state index in [0.29, 0.717) is 31.5 Å². The van der Waals surface area contributed by atoms with E-state index in [1.165, 1.54) is 24.3 Å². The molecule has 0 unspecified atom stereocenters. The SMILES string of the molecule is O=C1NCC[C@H]1C[C@@H](c1ccc(F)cc1)N1CC[C@@H](c2ccc(O)cc2)C(F)(F)C1. The smallest absolute Gasteiger partial charge is 0.267 e. The van der Waals surface area contributed by atoms with Crippen LogP contribution in [0.5, 0.6) is 5.75 Å². The Balaban J connectivity index is 1.57. The Morgan fingerprint density at radius 3 is 2.40 bits per heavy atom. The first-order valence-electron chi connectivity index (χ1n) is 10.3. The highest BCUT2D eigenvalue weighted by atomic mass is 19.3. The lowest BCUT2D eigenvalue weighted by molar-refractivity contribution is -0.123. The van der Waals surface area contributed by atoms with Crippen molar-refractivity contribution in [2.75, 3.05) is 19.6 Å². The molecule has 0 bridgehead atoms. The molecule has 0 aromatic heterocycles. The van der Waals surface area contributed by atoms with E-state index >= 15 is 8.78 Å². The Morgan fingerprint density at radius 2 is 1.80 bits per heavy atom. The van der Waals surface area contributed by atoms with E-state index in [1.54, 1.807) is 29.2 Å². The van der Waals surface area contributed by atoms with Crippen LogP contribution in [-0.2, 0) is 4.79 Å². The number of alkyl halides is 2. The van der Waals surface area contributed by atoms with Crippen molar-refractivity contribution in [3.05, 3.63) is 65.5 Å². The predicted octanol–water partition coefficient (Wildman–Crippen LogP) is 4.22. The maximum absolute atomic E-state index is 15.2.